The van der Waals surface area contributed by atoms with E-state index in [1.807, 2.05) is 60.0 Å². The number of benzene rings is 2. The van der Waals surface area contributed by atoms with Crippen molar-refractivity contribution in [2.75, 3.05) is 11.1 Å². The van der Waals surface area contributed by atoms with Crippen LogP contribution in [0.2, 0.25) is 0 Å². The summed E-state index contributed by atoms with van der Waals surface area (Å²) in [6.07, 6.45) is 1.67. The number of anilines is 2. The van der Waals surface area contributed by atoms with Crippen LogP contribution in [0, 0.1) is 0 Å². The Morgan fingerprint density at radius 3 is 2.52 bits per heavy atom. The first-order valence-corrected chi connectivity index (χ1v) is 8.76. The fraction of sp³-hybridized carbons (Fsp3) is 0.0588. The lowest BCUT2D eigenvalue weighted by Crippen LogP contribution is -2.18. The number of aromatic nitrogens is 1. The number of carbonyl (C=O) groups is 1. The highest BCUT2D eigenvalue weighted by Gasteiger charge is 2.22. The Hall–Kier alpha value is -2.31. The van der Waals surface area contributed by atoms with Gasteiger partial charge in [0.15, 0.2) is 5.13 Å². The molecule has 0 saturated carbocycles. The summed E-state index contributed by atoms with van der Waals surface area (Å²) in [5.74, 6) is -0.0898. The Morgan fingerprint density at radius 1 is 1.13 bits per heavy atom. The van der Waals surface area contributed by atoms with Crippen LogP contribution in [0.3, 0.4) is 0 Å². The van der Waals surface area contributed by atoms with Crippen molar-refractivity contribution >= 4 is 39.8 Å². The normalized spacial score (nSPS) is 11.8. The lowest BCUT2D eigenvalue weighted by molar-refractivity contribution is -0.115. The third-order valence-corrected chi connectivity index (χ3v) is 5.09. The number of rotatable bonds is 5. The molecule has 0 aliphatic carbocycles. The van der Waals surface area contributed by atoms with Gasteiger partial charge in [-0.25, -0.2) is 4.98 Å². The molecule has 0 aliphatic heterocycles. The van der Waals surface area contributed by atoms with E-state index in [9.17, 15) is 4.79 Å². The van der Waals surface area contributed by atoms with Gasteiger partial charge in [0.25, 0.3) is 0 Å². The van der Waals surface area contributed by atoms with E-state index in [-0.39, 0.29) is 11.2 Å². The molecule has 4 nitrogen and oxygen atoms in total. The van der Waals surface area contributed by atoms with Gasteiger partial charge in [0.1, 0.15) is 5.25 Å². The molecule has 3 rings (SSSR count). The number of nitrogen functional groups attached to an aromatic ring is 1. The molecule has 0 bridgehead atoms. The third kappa shape index (κ3) is 4.12. The number of hydrogen-bond acceptors (Lipinski definition) is 5. The Kier molecular flexibility index (Phi) is 4.95. The average Bonchev–Trinajstić information content (AvgIpc) is 3.08. The molecule has 0 fully saturated rings. The topological polar surface area (TPSA) is 68.0 Å². The van der Waals surface area contributed by atoms with E-state index in [0.717, 1.165) is 10.5 Å². The first-order valence-electron chi connectivity index (χ1n) is 7.00. The van der Waals surface area contributed by atoms with Crippen molar-refractivity contribution < 1.29 is 4.79 Å². The predicted octanol–water partition coefficient (Wildman–Crippen LogP) is 4.20. The molecule has 6 heteroatoms. The summed E-state index contributed by atoms with van der Waals surface area (Å²) in [7, 11) is 0. The maximum Gasteiger partial charge on any atom is 0.244 e. The van der Waals surface area contributed by atoms with E-state index >= 15 is 0 Å². The van der Waals surface area contributed by atoms with Crippen molar-refractivity contribution in [1.82, 2.24) is 4.98 Å². The van der Waals surface area contributed by atoms with E-state index in [0.29, 0.717) is 10.8 Å². The van der Waals surface area contributed by atoms with Crippen molar-refractivity contribution in [3.63, 3.8) is 0 Å². The molecule has 1 heterocycles. The Morgan fingerprint density at radius 2 is 1.87 bits per heavy atom. The van der Waals surface area contributed by atoms with Gasteiger partial charge in [0.05, 0.1) is 0 Å². The third-order valence-electron chi connectivity index (χ3n) is 3.14. The molecule has 23 heavy (non-hydrogen) atoms. The van der Waals surface area contributed by atoms with Crippen molar-refractivity contribution in [3.05, 3.63) is 71.7 Å². The van der Waals surface area contributed by atoms with Crippen LogP contribution in [0.5, 0.6) is 0 Å². The Balaban J connectivity index is 1.84. The van der Waals surface area contributed by atoms with E-state index in [1.165, 1.54) is 23.1 Å². The zero-order chi connectivity index (χ0) is 16.1. The first kappa shape index (κ1) is 15.6. The summed E-state index contributed by atoms with van der Waals surface area (Å²) >= 11 is 2.89. The standard InChI is InChI=1S/C17H15N3OS2/c18-13-6-8-14(9-7-13)23-15(12-4-2-1-3-5-12)16(21)20-17-19-10-11-22-17/h1-11,15H,18H2,(H,19,20,21). The monoisotopic (exact) mass is 341 g/mol. The second-order valence-corrected chi connectivity index (χ2v) is 6.88. The molecule has 3 N–H and O–H groups in total. The summed E-state index contributed by atoms with van der Waals surface area (Å²) < 4.78 is 0. The van der Waals surface area contributed by atoms with Crippen LogP contribution in [0.25, 0.3) is 0 Å². The van der Waals surface area contributed by atoms with Gasteiger partial charge in [-0.1, -0.05) is 30.3 Å². The molecule has 0 saturated heterocycles. The summed E-state index contributed by atoms with van der Waals surface area (Å²) in [5.41, 5.74) is 7.38. The summed E-state index contributed by atoms with van der Waals surface area (Å²) in [4.78, 5) is 17.8. The van der Waals surface area contributed by atoms with Crippen molar-refractivity contribution in [3.8, 4) is 0 Å². The van der Waals surface area contributed by atoms with E-state index in [1.54, 1.807) is 6.20 Å². The smallest absolute Gasteiger partial charge is 0.244 e. The minimum absolute atomic E-state index is 0.0898. The fourth-order valence-electron chi connectivity index (χ4n) is 2.04. The minimum Gasteiger partial charge on any atom is -0.399 e. The van der Waals surface area contributed by atoms with Crippen molar-refractivity contribution in [2.24, 2.45) is 0 Å². The van der Waals surface area contributed by atoms with Crippen LogP contribution in [0.15, 0.2) is 71.1 Å². The Bertz CT molecular complexity index is 758. The first-order chi connectivity index (χ1) is 11.2. The van der Waals surface area contributed by atoms with Crippen LogP contribution in [-0.4, -0.2) is 10.9 Å². The predicted molar refractivity (Wildman–Crippen MR) is 96.6 cm³/mol. The molecule has 1 amide bonds. The van der Waals surface area contributed by atoms with Crippen LogP contribution < -0.4 is 11.1 Å². The minimum atomic E-state index is -0.358. The van der Waals surface area contributed by atoms with Gasteiger partial charge in [-0.05, 0) is 29.8 Å². The number of thioether (sulfide) groups is 1. The number of nitrogens with two attached hydrogens (primary N) is 1. The van der Waals surface area contributed by atoms with Crippen molar-refractivity contribution in [2.45, 2.75) is 10.1 Å². The largest absolute Gasteiger partial charge is 0.399 e. The molecule has 2 aromatic carbocycles. The number of nitrogens with zero attached hydrogens (tertiary/aromatic N) is 1. The lowest BCUT2D eigenvalue weighted by Gasteiger charge is -2.16. The quantitative estimate of drug-likeness (QED) is 0.539. The zero-order valence-electron chi connectivity index (χ0n) is 12.2. The van der Waals surface area contributed by atoms with Gasteiger partial charge in [-0.15, -0.1) is 23.1 Å². The number of carbonyl (C=O) groups excluding carboxylic acids is 1. The number of nitrogens with one attached hydrogen (secondary N) is 1. The summed E-state index contributed by atoms with van der Waals surface area (Å²) in [5, 5.41) is 4.96. The maximum absolute atomic E-state index is 12.7. The molecular weight excluding hydrogens is 326 g/mol. The number of thiazole rings is 1. The molecule has 1 unspecified atom stereocenters. The molecule has 0 aliphatic rings. The lowest BCUT2D eigenvalue weighted by atomic mass is 10.1. The van der Waals surface area contributed by atoms with Gasteiger partial charge in [0.2, 0.25) is 5.91 Å². The highest BCUT2D eigenvalue weighted by Crippen LogP contribution is 2.36. The van der Waals surface area contributed by atoms with Gasteiger partial charge < -0.3 is 11.1 Å². The summed E-state index contributed by atoms with van der Waals surface area (Å²) in [6, 6.07) is 17.2. The van der Waals surface area contributed by atoms with Crippen LogP contribution >= 0.6 is 23.1 Å². The second kappa shape index (κ2) is 7.30. The van der Waals surface area contributed by atoms with E-state index < -0.39 is 0 Å². The molecule has 0 spiro atoms. The van der Waals surface area contributed by atoms with Crippen LogP contribution in [0.4, 0.5) is 10.8 Å². The number of hydrogen-bond donors (Lipinski definition) is 2. The summed E-state index contributed by atoms with van der Waals surface area (Å²) in [6.45, 7) is 0. The molecular formula is C17H15N3OS2. The van der Waals surface area contributed by atoms with Gasteiger partial charge in [-0.2, -0.15) is 0 Å². The highest BCUT2D eigenvalue weighted by atomic mass is 32.2. The van der Waals surface area contributed by atoms with E-state index in [4.69, 9.17) is 5.73 Å². The second-order valence-electron chi connectivity index (χ2n) is 4.80. The van der Waals surface area contributed by atoms with Crippen LogP contribution in [-0.2, 0) is 4.79 Å². The van der Waals surface area contributed by atoms with E-state index in [2.05, 4.69) is 10.3 Å². The fourth-order valence-corrected chi connectivity index (χ4v) is 3.60. The van der Waals surface area contributed by atoms with Gasteiger partial charge in [0, 0.05) is 22.2 Å². The SMILES string of the molecule is Nc1ccc(SC(C(=O)Nc2nccs2)c2ccccc2)cc1. The average molecular weight is 341 g/mol. The molecule has 116 valence electrons. The highest BCUT2D eigenvalue weighted by molar-refractivity contribution is 8.00. The zero-order valence-corrected chi connectivity index (χ0v) is 13.8. The van der Waals surface area contributed by atoms with Gasteiger partial charge >= 0.3 is 0 Å². The van der Waals surface area contributed by atoms with Gasteiger partial charge in [-0.3, -0.25) is 4.79 Å². The maximum atomic E-state index is 12.7. The molecule has 1 aromatic heterocycles. The number of amides is 1. The molecule has 3 aromatic rings. The van der Waals surface area contributed by atoms with Crippen molar-refractivity contribution in [1.29, 1.82) is 0 Å². The Labute approximate surface area is 142 Å². The van der Waals surface area contributed by atoms with Crippen LogP contribution in [0.1, 0.15) is 10.8 Å². The molecule has 0 radical (unpaired) electrons. The molecule has 1 atom stereocenters.